The summed E-state index contributed by atoms with van der Waals surface area (Å²) in [6, 6.07) is 12.2. The zero-order valence-corrected chi connectivity index (χ0v) is 14.6. The molecule has 1 aliphatic rings. The lowest BCUT2D eigenvalue weighted by Gasteiger charge is -2.12. The first-order valence-corrected chi connectivity index (χ1v) is 8.38. The first kappa shape index (κ1) is 16.9. The largest absolute Gasteiger partial charge is 0.454 e. The number of para-hydroxylation sites is 1. The summed E-state index contributed by atoms with van der Waals surface area (Å²) in [6.45, 7) is 0.291. The Morgan fingerprint density at radius 3 is 2.74 bits per heavy atom. The maximum Gasteiger partial charge on any atom is 0.331 e. The van der Waals surface area contributed by atoms with Crippen molar-refractivity contribution >= 4 is 16.8 Å². The van der Waals surface area contributed by atoms with Gasteiger partial charge in [0.15, 0.2) is 11.5 Å². The van der Waals surface area contributed by atoms with Crippen molar-refractivity contribution in [2.75, 3.05) is 6.79 Å². The van der Waals surface area contributed by atoms with Gasteiger partial charge in [-0.05, 0) is 29.8 Å². The van der Waals surface area contributed by atoms with Crippen molar-refractivity contribution in [1.29, 1.82) is 0 Å². The maximum absolute atomic E-state index is 12.5. The molecule has 0 saturated heterocycles. The molecule has 1 aromatic heterocycles. The van der Waals surface area contributed by atoms with Gasteiger partial charge in [0.1, 0.15) is 6.54 Å². The first-order valence-electron chi connectivity index (χ1n) is 8.38. The molecule has 0 spiro atoms. The van der Waals surface area contributed by atoms with Gasteiger partial charge in [-0.2, -0.15) is 0 Å². The molecule has 2 heterocycles. The molecule has 3 aromatic rings. The van der Waals surface area contributed by atoms with Crippen LogP contribution < -0.4 is 26.0 Å². The number of hydrogen-bond donors (Lipinski definition) is 1. The molecule has 0 bridgehead atoms. The SMILES string of the molecule is Cn1c(=O)c2ccccc2n(CC(=O)NCc2ccc3c(c2)OCO3)c1=O. The Hall–Kier alpha value is -3.55. The van der Waals surface area contributed by atoms with Gasteiger partial charge in [-0.3, -0.25) is 18.7 Å². The smallest absolute Gasteiger partial charge is 0.331 e. The number of aromatic nitrogens is 2. The van der Waals surface area contributed by atoms with Gasteiger partial charge in [-0.25, -0.2) is 4.79 Å². The second kappa shape index (κ2) is 6.64. The van der Waals surface area contributed by atoms with Gasteiger partial charge in [0.2, 0.25) is 12.7 Å². The van der Waals surface area contributed by atoms with Crippen molar-refractivity contribution in [2.45, 2.75) is 13.1 Å². The third kappa shape index (κ3) is 3.05. The topological polar surface area (TPSA) is 91.6 Å². The van der Waals surface area contributed by atoms with Crippen molar-refractivity contribution in [1.82, 2.24) is 14.5 Å². The van der Waals surface area contributed by atoms with E-state index in [1.54, 1.807) is 36.4 Å². The van der Waals surface area contributed by atoms with Gasteiger partial charge in [0, 0.05) is 13.6 Å². The molecule has 138 valence electrons. The molecular weight excluding hydrogens is 350 g/mol. The van der Waals surface area contributed by atoms with Crippen molar-refractivity contribution in [3.8, 4) is 11.5 Å². The average molecular weight is 367 g/mol. The van der Waals surface area contributed by atoms with Crippen molar-refractivity contribution < 1.29 is 14.3 Å². The molecule has 1 N–H and O–H groups in total. The normalized spacial score (nSPS) is 12.3. The van der Waals surface area contributed by atoms with Crippen molar-refractivity contribution in [3.63, 3.8) is 0 Å². The van der Waals surface area contributed by atoms with Crippen molar-refractivity contribution in [2.24, 2.45) is 7.05 Å². The molecule has 0 saturated carbocycles. The predicted octanol–water partition coefficient (Wildman–Crippen LogP) is 0.745. The monoisotopic (exact) mass is 367 g/mol. The van der Waals surface area contributed by atoms with E-state index in [0.717, 1.165) is 10.1 Å². The number of fused-ring (bicyclic) bond motifs is 2. The highest BCUT2D eigenvalue weighted by molar-refractivity contribution is 5.81. The standard InChI is InChI=1S/C19H17N3O5/c1-21-18(24)13-4-2-3-5-14(13)22(19(21)25)10-17(23)20-9-12-6-7-15-16(8-12)27-11-26-15/h2-8H,9-11H2,1H3,(H,20,23). The van der Waals surface area contributed by atoms with E-state index in [2.05, 4.69) is 5.32 Å². The van der Waals surface area contributed by atoms with Gasteiger partial charge in [-0.1, -0.05) is 18.2 Å². The number of amides is 1. The van der Waals surface area contributed by atoms with Crippen LogP contribution in [0.25, 0.3) is 10.9 Å². The molecule has 0 unspecified atom stereocenters. The molecule has 2 aromatic carbocycles. The molecule has 0 atom stereocenters. The second-order valence-corrected chi connectivity index (χ2v) is 6.21. The number of nitrogens with zero attached hydrogens (tertiary/aromatic N) is 2. The Morgan fingerprint density at radius 1 is 1.11 bits per heavy atom. The van der Waals surface area contributed by atoms with Gasteiger partial charge in [0.25, 0.3) is 5.56 Å². The van der Waals surface area contributed by atoms with Crippen LogP contribution in [0.5, 0.6) is 11.5 Å². The van der Waals surface area contributed by atoms with Crippen LogP contribution in [0, 0.1) is 0 Å². The van der Waals surface area contributed by atoms with E-state index in [1.165, 1.54) is 11.6 Å². The van der Waals surface area contributed by atoms with Gasteiger partial charge < -0.3 is 14.8 Å². The Kier molecular flexibility index (Phi) is 4.15. The molecule has 0 aliphatic carbocycles. The highest BCUT2D eigenvalue weighted by Gasteiger charge is 2.15. The lowest BCUT2D eigenvalue weighted by atomic mass is 10.2. The fraction of sp³-hybridized carbons (Fsp3) is 0.211. The molecular formula is C19H17N3O5. The zero-order chi connectivity index (χ0) is 19.0. The zero-order valence-electron chi connectivity index (χ0n) is 14.6. The van der Waals surface area contributed by atoms with Crippen LogP contribution in [0.4, 0.5) is 0 Å². The lowest BCUT2D eigenvalue weighted by Crippen LogP contribution is -2.41. The van der Waals surface area contributed by atoms with E-state index in [1.807, 2.05) is 6.07 Å². The minimum atomic E-state index is -0.531. The summed E-state index contributed by atoms with van der Waals surface area (Å²) in [7, 11) is 1.40. The van der Waals surface area contributed by atoms with E-state index < -0.39 is 5.69 Å². The number of rotatable bonds is 4. The molecule has 1 amide bonds. The summed E-state index contributed by atoms with van der Waals surface area (Å²) in [6.07, 6.45) is 0. The lowest BCUT2D eigenvalue weighted by molar-refractivity contribution is -0.121. The van der Waals surface area contributed by atoms with Crippen LogP contribution in [0.2, 0.25) is 0 Å². The Balaban J connectivity index is 1.55. The molecule has 4 rings (SSSR count). The van der Waals surface area contributed by atoms with Gasteiger partial charge in [-0.15, -0.1) is 0 Å². The Labute approximate surface area is 153 Å². The number of nitrogens with one attached hydrogen (secondary N) is 1. The third-order valence-corrected chi connectivity index (χ3v) is 4.48. The number of benzene rings is 2. The van der Waals surface area contributed by atoms with E-state index in [9.17, 15) is 14.4 Å². The van der Waals surface area contributed by atoms with Crippen LogP contribution in [-0.4, -0.2) is 21.8 Å². The van der Waals surface area contributed by atoms with Crippen LogP contribution in [0.15, 0.2) is 52.1 Å². The summed E-state index contributed by atoms with van der Waals surface area (Å²) < 4.78 is 12.9. The summed E-state index contributed by atoms with van der Waals surface area (Å²) in [5, 5.41) is 3.17. The van der Waals surface area contributed by atoms with Crippen LogP contribution in [0.1, 0.15) is 5.56 Å². The number of carbonyl (C=O) groups excluding carboxylic acids is 1. The summed E-state index contributed by atoms with van der Waals surface area (Å²) >= 11 is 0. The molecule has 8 heteroatoms. The number of carbonyl (C=O) groups is 1. The van der Waals surface area contributed by atoms with E-state index >= 15 is 0 Å². The van der Waals surface area contributed by atoms with E-state index in [4.69, 9.17) is 9.47 Å². The minimum absolute atomic E-state index is 0.183. The highest BCUT2D eigenvalue weighted by Crippen LogP contribution is 2.32. The second-order valence-electron chi connectivity index (χ2n) is 6.21. The van der Waals surface area contributed by atoms with Gasteiger partial charge >= 0.3 is 5.69 Å². The molecule has 0 fully saturated rings. The Bertz CT molecular complexity index is 1160. The molecule has 0 radical (unpaired) electrons. The molecule has 27 heavy (non-hydrogen) atoms. The minimum Gasteiger partial charge on any atom is -0.454 e. The average Bonchev–Trinajstić information content (AvgIpc) is 3.16. The van der Waals surface area contributed by atoms with Crippen LogP contribution >= 0.6 is 0 Å². The fourth-order valence-electron chi connectivity index (χ4n) is 3.05. The Morgan fingerprint density at radius 2 is 1.89 bits per heavy atom. The molecule has 1 aliphatic heterocycles. The fourth-order valence-corrected chi connectivity index (χ4v) is 3.05. The van der Waals surface area contributed by atoms with E-state index in [-0.39, 0.29) is 31.3 Å². The quantitative estimate of drug-likeness (QED) is 0.735. The molecule has 8 nitrogen and oxygen atoms in total. The van der Waals surface area contributed by atoms with Crippen LogP contribution in [-0.2, 0) is 24.9 Å². The van der Waals surface area contributed by atoms with Crippen molar-refractivity contribution in [3.05, 3.63) is 68.9 Å². The summed E-state index contributed by atoms with van der Waals surface area (Å²) in [5.41, 5.74) is 0.374. The van der Waals surface area contributed by atoms with Crippen LogP contribution in [0.3, 0.4) is 0 Å². The first-order chi connectivity index (χ1) is 13.0. The number of ether oxygens (including phenoxy) is 2. The predicted molar refractivity (Wildman–Crippen MR) is 97.9 cm³/mol. The van der Waals surface area contributed by atoms with E-state index in [0.29, 0.717) is 22.4 Å². The summed E-state index contributed by atoms with van der Waals surface area (Å²) in [4.78, 5) is 37.1. The van der Waals surface area contributed by atoms with Gasteiger partial charge in [0.05, 0.1) is 10.9 Å². The number of hydrogen-bond acceptors (Lipinski definition) is 5. The summed E-state index contributed by atoms with van der Waals surface area (Å²) in [5.74, 6) is 0.980. The third-order valence-electron chi connectivity index (χ3n) is 4.48. The maximum atomic E-state index is 12.5. The highest BCUT2D eigenvalue weighted by atomic mass is 16.7.